The lowest BCUT2D eigenvalue weighted by molar-refractivity contribution is 0.245. The third-order valence-electron chi connectivity index (χ3n) is 3.49. The molecule has 0 aromatic carbocycles. The molecule has 0 N–H and O–H groups in total. The number of nitrogens with zero attached hydrogens (tertiary/aromatic N) is 2. The van der Waals surface area contributed by atoms with Gasteiger partial charge in [-0.15, -0.1) is 0 Å². The molecule has 2 rings (SSSR count). The molecule has 0 radical (unpaired) electrons. The van der Waals surface area contributed by atoms with Crippen LogP contribution in [0.5, 0.6) is 5.75 Å². The molecule has 1 saturated carbocycles. The SMILES string of the molecule is Cc1nn(C)c(C)c1OCC1(CS(C)(=O)=O)CC1. The highest BCUT2D eigenvalue weighted by Gasteiger charge is 2.46. The van der Waals surface area contributed by atoms with E-state index in [2.05, 4.69) is 5.10 Å². The Hall–Kier alpha value is -1.04. The Morgan fingerprint density at radius 2 is 2.00 bits per heavy atom. The maximum atomic E-state index is 11.4. The van der Waals surface area contributed by atoms with E-state index in [0.717, 1.165) is 30.0 Å². The molecule has 1 heterocycles. The highest BCUT2D eigenvalue weighted by atomic mass is 32.2. The molecule has 102 valence electrons. The van der Waals surface area contributed by atoms with E-state index < -0.39 is 9.84 Å². The van der Waals surface area contributed by atoms with Crippen molar-refractivity contribution >= 4 is 9.84 Å². The molecule has 1 aliphatic carbocycles. The normalized spacial score (nSPS) is 17.8. The first-order chi connectivity index (χ1) is 8.22. The van der Waals surface area contributed by atoms with Crippen molar-refractivity contribution in [2.75, 3.05) is 18.6 Å². The Morgan fingerprint density at radius 3 is 2.39 bits per heavy atom. The van der Waals surface area contributed by atoms with Gasteiger partial charge in [-0.25, -0.2) is 8.42 Å². The van der Waals surface area contributed by atoms with Crippen LogP contribution in [0, 0.1) is 19.3 Å². The van der Waals surface area contributed by atoms with Gasteiger partial charge in [0.1, 0.15) is 15.5 Å². The van der Waals surface area contributed by atoms with Gasteiger partial charge in [-0.05, 0) is 26.7 Å². The summed E-state index contributed by atoms with van der Waals surface area (Å²) in [5, 5.41) is 4.28. The first-order valence-corrected chi connectivity index (χ1v) is 8.09. The number of hydrogen-bond donors (Lipinski definition) is 0. The molecular formula is C12H20N2O3S. The maximum Gasteiger partial charge on any atom is 0.162 e. The van der Waals surface area contributed by atoms with Gasteiger partial charge in [-0.3, -0.25) is 4.68 Å². The van der Waals surface area contributed by atoms with Crippen LogP contribution in [0.2, 0.25) is 0 Å². The molecule has 6 heteroatoms. The number of aryl methyl sites for hydroxylation is 2. The van der Waals surface area contributed by atoms with Gasteiger partial charge in [-0.1, -0.05) is 0 Å². The molecule has 0 aliphatic heterocycles. The first kappa shape index (κ1) is 13.4. The van der Waals surface area contributed by atoms with Crippen molar-refractivity contribution in [1.29, 1.82) is 0 Å². The molecule has 1 aliphatic rings. The van der Waals surface area contributed by atoms with Gasteiger partial charge < -0.3 is 4.74 Å². The molecular weight excluding hydrogens is 252 g/mol. The fourth-order valence-corrected chi connectivity index (χ4v) is 3.74. The molecule has 0 bridgehead atoms. The Bertz CT molecular complexity index is 556. The third-order valence-corrected chi connectivity index (χ3v) is 4.63. The Morgan fingerprint density at radius 1 is 1.39 bits per heavy atom. The van der Waals surface area contributed by atoms with Crippen LogP contribution in [-0.4, -0.2) is 36.8 Å². The minimum atomic E-state index is -2.94. The zero-order chi connectivity index (χ0) is 13.6. The van der Waals surface area contributed by atoms with Crippen LogP contribution < -0.4 is 4.74 Å². The fraction of sp³-hybridized carbons (Fsp3) is 0.750. The lowest BCUT2D eigenvalue weighted by Gasteiger charge is -2.15. The largest absolute Gasteiger partial charge is 0.489 e. The number of aromatic nitrogens is 2. The van der Waals surface area contributed by atoms with Crippen LogP contribution in [0.25, 0.3) is 0 Å². The summed E-state index contributed by atoms with van der Waals surface area (Å²) < 4.78 is 30.3. The van der Waals surface area contributed by atoms with Crippen LogP contribution in [0.4, 0.5) is 0 Å². The Labute approximate surface area is 108 Å². The standard InChI is InChI=1S/C12H20N2O3S/c1-9-11(10(2)14(3)13-9)17-7-12(5-6-12)8-18(4,15)16/h5-8H2,1-4H3. The number of ether oxygens (including phenoxy) is 1. The smallest absolute Gasteiger partial charge is 0.162 e. The minimum absolute atomic E-state index is 0.164. The molecule has 5 nitrogen and oxygen atoms in total. The minimum Gasteiger partial charge on any atom is -0.489 e. The monoisotopic (exact) mass is 272 g/mol. The van der Waals surface area contributed by atoms with Crippen molar-refractivity contribution in [2.24, 2.45) is 12.5 Å². The van der Waals surface area contributed by atoms with Gasteiger partial charge in [0.2, 0.25) is 0 Å². The topological polar surface area (TPSA) is 61.2 Å². The molecule has 1 aromatic rings. The van der Waals surface area contributed by atoms with E-state index in [0.29, 0.717) is 6.61 Å². The van der Waals surface area contributed by atoms with E-state index in [1.165, 1.54) is 6.26 Å². The fourth-order valence-electron chi connectivity index (χ4n) is 2.25. The molecule has 0 atom stereocenters. The van der Waals surface area contributed by atoms with Gasteiger partial charge in [-0.2, -0.15) is 5.10 Å². The lowest BCUT2D eigenvalue weighted by Crippen LogP contribution is -2.23. The first-order valence-electron chi connectivity index (χ1n) is 6.03. The van der Waals surface area contributed by atoms with Crippen molar-refractivity contribution < 1.29 is 13.2 Å². The van der Waals surface area contributed by atoms with E-state index in [4.69, 9.17) is 4.74 Å². The summed E-state index contributed by atoms with van der Waals surface area (Å²) >= 11 is 0. The van der Waals surface area contributed by atoms with Crippen molar-refractivity contribution in [3.8, 4) is 5.75 Å². The second-order valence-electron chi connectivity index (χ2n) is 5.48. The van der Waals surface area contributed by atoms with Gasteiger partial charge in [0.15, 0.2) is 5.75 Å². The van der Waals surface area contributed by atoms with E-state index in [1.807, 2.05) is 20.9 Å². The summed E-state index contributed by atoms with van der Waals surface area (Å²) in [4.78, 5) is 0. The second kappa shape index (κ2) is 4.26. The van der Waals surface area contributed by atoms with Crippen molar-refractivity contribution in [3.63, 3.8) is 0 Å². The Balaban J connectivity index is 2.04. The predicted octanol–water partition coefficient (Wildman–Crippen LogP) is 1.24. The highest BCUT2D eigenvalue weighted by molar-refractivity contribution is 7.90. The van der Waals surface area contributed by atoms with Gasteiger partial charge >= 0.3 is 0 Å². The molecule has 0 unspecified atom stereocenters. The third kappa shape index (κ3) is 2.85. The van der Waals surface area contributed by atoms with E-state index in [1.54, 1.807) is 4.68 Å². The quantitative estimate of drug-likeness (QED) is 0.809. The van der Waals surface area contributed by atoms with Crippen LogP contribution in [0.1, 0.15) is 24.2 Å². The van der Waals surface area contributed by atoms with Crippen molar-refractivity contribution in [1.82, 2.24) is 9.78 Å². The van der Waals surface area contributed by atoms with Crippen molar-refractivity contribution in [3.05, 3.63) is 11.4 Å². The number of rotatable bonds is 5. The van der Waals surface area contributed by atoms with E-state index in [9.17, 15) is 8.42 Å². The van der Waals surface area contributed by atoms with Crippen LogP contribution in [0.15, 0.2) is 0 Å². The van der Waals surface area contributed by atoms with Crippen LogP contribution in [0.3, 0.4) is 0 Å². The summed E-state index contributed by atoms with van der Waals surface area (Å²) in [7, 11) is -1.07. The average molecular weight is 272 g/mol. The average Bonchev–Trinajstić information content (AvgIpc) is 2.89. The summed E-state index contributed by atoms with van der Waals surface area (Å²) in [5.41, 5.74) is 1.66. The van der Waals surface area contributed by atoms with Gasteiger partial charge in [0.25, 0.3) is 0 Å². The summed E-state index contributed by atoms with van der Waals surface area (Å²) in [6.45, 7) is 4.32. The lowest BCUT2D eigenvalue weighted by atomic mass is 10.2. The maximum absolute atomic E-state index is 11.4. The van der Waals surface area contributed by atoms with E-state index >= 15 is 0 Å². The van der Waals surface area contributed by atoms with Gasteiger partial charge in [0.05, 0.1) is 18.1 Å². The molecule has 0 amide bonds. The second-order valence-corrected chi connectivity index (χ2v) is 7.62. The molecule has 0 spiro atoms. The predicted molar refractivity (Wildman–Crippen MR) is 69.6 cm³/mol. The summed E-state index contributed by atoms with van der Waals surface area (Å²) in [6.07, 6.45) is 3.14. The molecule has 1 aromatic heterocycles. The molecule has 1 fully saturated rings. The highest BCUT2D eigenvalue weighted by Crippen LogP contribution is 2.47. The zero-order valence-electron chi connectivity index (χ0n) is 11.4. The molecule has 0 saturated heterocycles. The molecule has 18 heavy (non-hydrogen) atoms. The number of hydrogen-bond acceptors (Lipinski definition) is 4. The zero-order valence-corrected chi connectivity index (χ0v) is 12.2. The summed E-state index contributed by atoms with van der Waals surface area (Å²) in [6, 6.07) is 0. The van der Waals surface area contributed by atoms with Crippen LogP contribution >= 0.6 is 0 Å². The van der Waals surface area contributed by atoms with Crippen molar-refractivity contribution in [2.45, 2.75) is 26.7 Å². The summed E-state index contributed by atoms with van der Waals surface area (Å²) in [5.74, 6) is 1.01. The van der Waals surface area contributed by atoms with Crippen LogP contribution in [-0.2, 0) is 16.9 Å². The number of sulfone groups is 1. The van der Waals surface area contributed by atoms with Gasteiger partial charge in [0, 0.05) is 18.7 Å². The Kier molecular flexibility index (Phi) is 3.17. The van der Waals surface area contributed by atoms with E-state index in [-0.39, 0.29) is 11.2 Å².